The molecule has 0 aliphatic rings. The van der Waals surface area contributed by atoms with E-state index in [0.29, 0.717) is 16.6 Å². The SMILES string of the molecule is COc1ccc(Cl)cc1C(NN)c1ncnn1C(C)C. The molecule has 2 aromatic rings. The summed E-state index contributed by atoms with van der Waals surface area (Å²) >= 11 is 6.07. The molecule has 6 nitrogen and oxygen atoms in total. The predicted octanol–water partition coefficient (Wildman–Crippen LogP) is 2.07. The van der Waals surface area contributed by atoms with Crippen molar-refractivity contribution in [2.75, 3.05) is 7.11 Å². The van der Waals surface area contributed by atoms with E-state index in [1.54, 1.807) is 19.2 Å². The lowest BCUT2D eigenvalue weighted by atomic mass is 10.1. The molecule has 0 saturated heterocycles. The number of hydrazine groups is 1. The monoisotopic (exact) mass is 295 g/mol. The van der Waals surface area contributed by atoms with E-state index >= 15 is 0 Å². The fourth-order valence-corrected chi connectivity index (χ4v) is 2.28. The van der Waals surface area contributed by atoms with Crippen molar-refractivity contribution in [1.82, 2.24) is 20.2 Å². The minimum Gasteiger partial charge on any atom is -0.496 e. The van der Waals surface area contributed by atoms with E-state index in [-0.39, 0.29) is 12.1 Å². The minimum atomic E-state index is -0.353. The van der Waals surface area contributed by atoms with Crippen LogP contribution in [0.1, 0.15) is 37.3 Å². The number of aromatic nitrogens is 3. The summed E-state index contributed by atoms with van der Waals surface area (Å²) in [5, 5.41) is 4.83. The van der Waals surface area contributed by atoms with E-state index in [1.807, 2.05) is 24.6 Å². The molecule has 3 N–H and O–H groups in total. The zero-order chi connectivity index (χ0) is 14.7. The number of nitrogens with two attached hydrogens (primary N) is 1. The Morgan fingerprint density at radius 1 is 1.40 bits per heavy atom. The topological polar surface area (TPSA) is 78.0 Å². The molecule has 1 atom stereocenters. The van der Waals surface area contributed by atoms with E-state index in [1.165, 1.54) is 6.33 Å². The Balaban J connectivity index is 2.52. The molecule has 20 heavy (non-hydrogen) atoms. The average Bonchev–Trinajstić information content (AvgIpc) is 2.89. The molecule has 0 radical (unpaired) electrons. The number of halogens is 1. The van der Waals surface area contributed by atoms with Gasteiger partial charge in [0.05, 0.1) is 7.11 Å². The molecular weight excluding hydrogens is 278 g/mol. The highest BCUT2D eigenvalue weighted by molar-refractivity contribution is 6.30. The third-order valence-electron chi connectivity index (χ3n) is 3.02. The van der Waals surface area contributed by atoms with Crippen LogP contribution in [0.4, 0.5) is 0 Å². The number of nitrogens with zero attached hydrogens (tertiary/aromatic N) is 3. The van der Waals surface area contributed by atoms with Crippen LogP contribution in [0.25, 0.3) is 0 Å². The van der Waals surface area contributed by atoms with Crippen molar-refractivity contribution in [2.24, 2.45) is 5.84 Å². The summed E-state index contributed by atoms with van der Waals surface area (Å²) in [5.74, 6) is 7.11. The summed E-state index contributed by atoms with van der Waals surface area (Å²) in [6.07, 6.45) is 1.51. The number of benzene rings is 1. The number of hydrogen-bond acceptors (Lipinski definition) is 5. The molecule has 7 heteroatoms. The summed E-state index contributed by atoms with van der Waals surface area (Å²) in [7, 11) is 1.60. The first-order valence-corrected chi connectivity index (χ1v) is 6.65. The highest BCUT2D eigenvalue weighted by atomic mass is 35.5. The quantitative estimate of drug-likeness (QED) is 0.652. The van der Waals surface area contributed by atoms with Crippen LogP contribution < -0.4 is 16.0 Å². The van der Waals surface area contributed by atoms with Gasteiger partial charge in [-0.3, -0.25) is 5.84 Å². The van der Waals surface area contributed by atoms with Gasteiger partial charge in [0.15, 0.2) is 0 Å². The van der Waals surface area contributed by atoms with Crippen LogP contribution in [0.15, 0.2) is 24.5 Å². The minimum absolute atomic E-state index is 0.175. The van der Waals surface area contributed by atoms with Crippen molar-refractivity contribution in [1.29, 1.82) is 0 Å². The van der Waals surface area contributed by atoms with Gasteiger partial charge in [-0.15, -0.1) is 0 Å². The molecular formula is C13H18ClN5O. The van der Waals surface area contributed by atoms with E-state index in [2.05, 4.69) is 15.5 Å². The van der Waals surface area contributed by atoms with Gasteiger partial charge < -0.3 is 4.74 Å². The van der Waals surface area contributed by atoms with E-state index < -0.39 is 0 Å². The van der Waals surface area contributed by atoms with Crippen LogP contribution >= 0.6 is 11.6 Å². The van der Waals surface area contributed by atoms with Crippen molar-refractivity contribution < 1.29 is 4.74 Å². The largest absolute Gasteiger partial charge is 0.496 e. The summed E-state index contributed by atoms with van der Waals surface area (Å²) in [6, 6.07) is 5.20. The highest BCUT2D eigenvalue weighted by Crippen LogP contribution is 2.31. The Bertz CT molecular complexity index is 584. The van der Waals surface area contributed by atoms with E-state index in [9.17, 15) is 0 Å². The summed E-state index contributed by atoms with van der Waals surface area (Å²) in [6.45, 7) is 4.06. The van der Waals surface area contributed by atoms with Crippen molar-refractivity contribution in [3.8, 4) is 5.75 Å². The highest BCUT2D eigenvalue weighted by Gasteiger charge is 2.23. The molecule has 1 aromatic carbocycles. The second kappa shape index (κ2) is 6.21. The van der Waals surface area contributed by atoms with Gasteiger partial charge in [0, 0.05) is 16.6 Å². The van der Waals surface area contributed by atoms with Gasteiger partial charge in [-0.2, -0.15) is 5.10 Å². The second-order valence-corrected chi connectivity index (χ2v) is 5.08. The Labute approximate surface area is 122 Å². The first-order valence-electron chi connectivity index (χ1n) is 6.27. The molecule has 1 heterocycles. The molecule has 1 aromatic heterocycles. The van der Waals surface area contributed by atoms with Crippen molar-refractivity contribution in [3.05, 3.63) is 40.9 Å². The summed E-state index contributed by atoms with van der Waals surface area (Å²) in [4.78, 5) is 4.30. The van der Waals surface area contributed by atoms with Gasteiger partial charge in [-0.25, -0.2) is 15.1 Å². The third-order valence-corrected chi connectivity index (χ3v) is 3.25. The fourth-order valence-electron chi connectivity index (χ4n) is 2.10. The molecule has 0 saturated carbocycles. The standard InChI is InChI=1S/C13H18ClN5O/c1-8(2)19-13(16-7-17-19)12(18-15)10-6-9(14)4-5-11(10)20-3/h4-8,12,18H,15H2,1-3H3. The van der Waals surface area contributed by atoms with Gasteiger partial charge in [0.2, 0.25) is 0 Å². The average molecular weight is 296 g/mol. The van der Waals surface area contributed by atoms with Gasteiger partial charge in [-0.05, 0) is 32.0 Å². The predicted molar refractivity (Wildman–Crippen MR) is 77.6 cm³/mol. The molecule has 2 rings (SSSR count). The number of hydrogen-bond donors (Lipinski definition) is 2. The molecule has 0 amide bonds. The van der Waals surface area contributed by atoms with E-state index in [0.717, 1.165) is 5.56 Å². The summed E-state index contributed by atoms with van der Waals surface area (Å²) < 4.78 is 7.18. The normalized spacial score (nSPS) is 12.7. The molecule has 1 unspecified atom stereocenters. The Kier molecular flexibility index (Phi) is 4.59. The number of ether oxygens (including phenoxy) is 1. The van der Waals surface area contributed by atoms with Crippen LogP contribution in [0.3, 0.4) is 0 Å². The second-order valence-electron chi connectivity index (χ2n) is 4.64. The van der Waals surface area contributed by atoms with Crippen molar-refractivity contribution in [2.45, 2.75) is 25.9 Å². The lowest BCUT2D eigenvalue weighted by molar-refractivity contribution is 0.398. The maximum atomic E-state index is 6.07. The van der Waals surface area contributed by atoms with Crippen LogP contribution in [0, 0.1) is 0 Å². The van der Waals surface area contributed by atoms with Gasteiger partial charge in [0.1, 0.15) is 23.9 Å². The number of rotatable bonds is 5. The van der Waals surface area contributed by atoms with Gasteiger partial charge in [-0.1, -0.05) is 11.6 Å². The van der Waals surface area contributed by atoms with Crippen molar-refractivity contribution in [3.63, 3.8) is 0 Å². The van der Waals surface area contributed by atoms with Gasteiger partial charge >= 0.3 is 0 Å². The molecule has 0 bridgehead atoms. The molecule has 108 valence electrons. The Hall–Kier alpha value is -1.63. The lowest BCUT2D eigenvalue weighted by Crippen LogP contribution is -2.32. The van der Waals surface area contributed by atoms with Crippen LogP contribution in [0.2, 0.25) is 5.02 Å². The smallest absolute Gasteiger partial charge is 0.150 e. The van der Waals surface area contributed by atoms with Crippen LogP contribution in [-0.2, 0) is 0 Å². The van der Waals surface area contributed by atoms with Crippen molar-refractivity contribution >= 4 is 11.6 Å². The Morgan fingerprint density at radius 2 is 2.15 bits per heavy atom. The maximum Gasteiger partial charge on any atom is 0.150 e. The molecule has 0 aliphatic carbocycles. The number of nitrogens with one attached hydrogen (secondary N) is 1. The van der Waals surface area contributed by atoms with Crippen LogP contribution in [-0.4, -0.2) is 21.9 Å². The molecule has 0 spiro atoms. The lowest BCUT2D eigenvalue weighted by Gasteiger charge is -2.20. The Morgan fingerprint density at radius 3 is 2.75 bits per heavy atom. The van der Waals surface area contributed by atoms with Crippen LogP contribution in [0.5, 0.6) is 5.75 Å². The van der Waals surface area contributed by atoms with Gasteiger partial charge in [0.25, 0.3) is 0 Å². The third kappa shape index (κ3) is 2.77. The first kappa shape index (κ1) is 14.8. The fraction of sp³-hybridized carbons (Fsp3) is 0.385. The summed E-state index contributed by atoms with van der Waals surface area (Å²) in [5.41, 5.74) is 3.57. The zero-order valence-corrected chi connectivity index (χ0v) is 12.4. The molecule has 0 aliphatic heterocycles. The zero-order valence-electron chi connectivity index (χ0n) is 11.7. The number of methoxy groups -OCH3 is 1. The maximum absolute atomic E-state index is 6.07. The van der Waals surface area contributed by atoms with E-state index in [4.69, 9.17) is 22.2 Å². The molecule has 0 fully saturated rings. The first-order chi connectivity index (χ1) is 9.58.